The van der Waals surface area contributed by atoms with Crippen molar-refractivity contribution < 1.29 is 17.9 Å². The van der Waals surface area contributed by atoms with Crippen LogP contribution >= 0.6 is 0 Å². The summed E-state index contributed by atoms with van der Waals surface area (Å²) in [6, 6.07) is 3.18. The summed E-state index contributed by atoms with van der Waals surface area (Å²) in [5.41, 5.74) is 0.577. The van der Waals surface area contributed by atoms with E-state index >= 15 is 0 Å². The van der Waals surface area contributed by atoms with Crippen molar-refractivity contribution in [2.75, 3.05) is 11.5 Å². The van der Waals surface area contributed by atoms with Crippen molar-refractivity contribution in [1.29, 1.82) is 0 Å². The summed E-state index contributed by atoms with van der Waals surface area (Å²) in [6.45, 7) is 3.82. The summed E-state index contributed by atoms with van der Waals surface area (Å²) in [5, 5.41) is 15.2. The fourth-order valence-corrected chi connectivity index (χ4v) is 4.38. The van der Waals surface area contributed by atoms with Gasteiger partial charge < -0.3 is 10.1 Å². The molecule has 1 aliphatic rings. The van der Waals surface area contributed by atoms with Crippen molar-refractivity contribution in [1.82, 2.24) is 25.1 Å². The number of ether oxygens (including phenoxy) is 1. The minimum atomic E-state index is -3.01. The van der Waals surface area contributed by atoms with Crippen molar-refractivity contribution in [3.05, 3.63) is 18.0 Å². The van der Waals surface area contributed by atoms with E-state index in [1.165, 1.54) is 0 Å². The minimum Gasteiger partial charge on any atom is -0.474 e. The molecule has 1 saturated heterocycles. The summed E-state index contributed by atoms with van der Waals surface area (Å²) in [5.74, 6) is 0.968. The Bertz CT molecular complexity index is 877. The third-order valence-corrected chi connectivity index (χ3v) is 5.60. The highest BCUT2D eigenvalue weighted by molar-refractivity contribution is 7.91. The summed E-state index contributed by atoms with van der Waals surface area (Å²) in [7, 11) is -3.01. The van der Waals surface area contributed by atoms with Crippen molar-refractivity contribution in [2.45, 2.75) is 45.3 Å². The van der Waals surface area contributed by atoms with E-state index in [4.69, 9.17) is 4.74 Å². The third-order valence-electron chi connectivity index (χ3n) is 3.83. The predicted octanol–water partition coefficient (Wildman–Crippen LogP) is 0.147. The molecule has 2 aromatic heterocycles. The van der Waals surface area contributed by atoms with Crippen molar-refractivity contribution in [3.63, 3.8) is 0 Å². The molecule has 25 heavy (non-hydrogen) atoms. The molecule has 1 unspecified atom stereocenters. The number of hydrogen-bond donors (Lipinski definition) is 1. The fraction of sp³-hybridized carbons (Fsp3) is 0.600. The van der Waals surface area contributed by atoms with E-state index in [1.807, 2.05) is 13.8 Å². The highest BCUT2D eigenvalue weighted by Crippen LogP contribution is 2.13. The van der Waals surface area contributed by atoms with E-state index in [9.17, 15) is 13.2 Å². The first-order valence-electron chi connectivity index (χ1n) is 8.20. The molecule has 3 heterocycles. The molecule has 0 radical (unpaired) electrons. The zero-order valence-corrected chi connectivity index (χ0v) is 15.0. The van der Waals surface area contributed by atoms with Gasteiger partial charge in [0.2, 0.25) is 11.8 Å². The van der Waals surface area contributed by atoms with Crippen LogP contribution in [0, 0.1) is 0 Å². The van der Waals surface area contributed by atoms with Crippen LogP contribution in [0.1, 0.15) is 32.5 Å². The van der Waals surface area contributed by atoms with Gasteiger partial charge in [0, 0.05) is 24.9 Å². The molecule has 1 fully saturated rings. The van der Waals surface area contributed by atoms with Gasteiger partial charge in [-0.3, -0.25) is 4.79 Å². The van der Waals surface area contributed by atoms with E-state index in [0.29, 0.717) is 30.2 Å². The first-order valence-corrected chi connectivity index (χ1v) is 10.0. The smallest absolute Gasteiger partial charge is 0.232 e. The summed E-state index contributed by atoms with van der Waals surface area (Å²) in [4.78, 5) is 12.0. The number of sulfone groups is 1. The topological polar surface area (TPSA) is 116 Å². The van der Waals surface area contributed by atoms with Gasteiger partial charge in [-0.15, -0.1) is 15.3 Å². The van der Waals surface area contributed by atoms with Gasteiger partial charge in [0.1, 0.15) is 0 Å². The Balaban J connectivity index is 1.61. The maximum absolute atomic E-state index is 12.0. The van der Waals surface area contributed by atoms with Crippen LogP contribution in [-0.2, 0) is 21.1 Å². The Kier molecular flexibility index (Phi) is 4.89. The first-order chi connectivity index (χ1) is 11.8. The fourth-order valence-electron chi connectivity index (χ4n) is 2.71. The number of hydrogen-bond acceptors (Lipinski definition) is 7. The van der Waals surface area contributed by atoms with Gasteiger partial charge in [0.05, 0.1) is 17.6 Å². The Morgan fingerprint density at radius 1 is 1.40 bits per heavy atom. The van der Waals surface area contributed by atoms with Gasteiger partial charge >= 0.3 is 0 Å². The summed E-state index contributed by atoms with van der Waals surface area (Å²) < 4.78 is 30.0. The van der Waals surface area contributed by atoms with E-state index < -0.39 is 9.84 Å². The quantitative estimate of drug-likeness (QED) is 0.772. The molecule has 1 N–H and O–H groups in total. The molecule has 0 spiro atoms. The second-order valence-corrected chi connectivity index (χ2v) is 8.62. The highest BCUT2D eigenvalue weighted by Gasteiger charge is 2.28. The molecule has 1 aliphatic heterocycles. The molecule has 0 bridgehead atoms. The van der Waals surface area contributed by atoms with Crippen LogP contribution < -0.4 is 10.1 Å². The molecular formula is C15H21N5O4S. The zero-order valence-electron chi connectivity index (χ0n) is 14.2. The molecule has 0 saturated carbocycles. The number of rotatable bonds is 6. The molecule has 10 heteroatoms. The molecule has 136 valence electrons. The Morgan fingerprint density at radius 3 is 2.88 bits per heavy atom. The third kappa shape index (κ3) is 4.44. The van der Waals surface area contributed by atoms with Gasteiger partial charge in [-0.05, 0) is 26.3 Å². The lowest BCUT2D eigenvalue weighted by molar-refractivity contribution is -0.121. The number of carbonyl (C=O) groups excluding carboxylic acids is 1. The standard InChI is InChI=1S/C15H21N5O4S/c1-10(2)24-15-6-4-13-18-17-12(20(13)19-15)3-5-14(21)16-11-7-8-25(22,23)9-11/h4,6,10-11H,3,5,7-9H2,1-2H3,(H,16,21). The lowest BCUT2D eigenvalue weighted by Crippen LogP contribution is -2.35. The molecule has 9 nitrogen and oxygen atoms in total. The van der Waals surface area contributed by atoms with Gasteiger partial charge in [0.25, 0.3) is 0 Å². The molecule has 0 aliphatic carbocycles. The van der Waals surface area contributed by atoms with Crippen LogP contribution in [0.25, 0.3) is 5.65 Å². The number of aromatic nitrogens is 4. The van der Waals surface area contributed by atoms with Crippen LogP contribution in [0.2, 0.25) is 0 Å². The summed E-state index contributed by atoms with van der Waals surface area (Å²) in [6.07, 6.45) is 1.01. The van der Waals surface area contributed by atoms with Crippen LogP contribution in [-0.4, -0.2) is 57.8 Å². The Hall–Kier alpha value is -2.23. The SMILES string of the molecule is CC(C)Oc1ccc2nnc(CCC(=O)NC3CCS(=O)(=O)C3)n2n1. The average molecular weight is 367 g/mol. The number of carbonyl (C=O) groups is 1. The highest BCUT2D eigenvalue weighted by atomic mass is 32.2. The summed E-state index contributed by atoms with van der Waals surface area (Å²) >= 11 is 0. The maximum atomic E-state index is 12.0. The normalized spacial score (nSPS) is 19.4. The zero-order chi connectivity index (χ0) is 18.0. The van der Waals surface area contributed by atoms with Crippen molar-refractivity contribution in [3.8, 4) is 5.88 Å². The van der Waals surface area contributed by atoms with Gasteiger partial charge in [-0.25, -0.2) is 8.42 Å². The van der Waals surface area contributed by atoms with E-state index in [2.05, 4.69) is 20.6 Å². The number of aryl methyl sites for hydroxylation is 1. The Labute approximate surface area is 145 Å². The second-order valence-electron chi connectivity index (χ2n) is 6.39. The minimum absolute atomic E-state index is 0.00153. The monoisotopic (exact) mass is 367 g/mol. The van der Waals surface area contributed by atoms with Crippen molar-refractivity contribution >= 4 is 21.4 Å². The van der Waals surface area contributed by atoms with E-state index in [-0.39, 0.29) is 36.0 Å². The molecule has 1 atom stereocenters. The second kappa shape index (κ2) is 6.95. The lowest BCUT2D eigenvalue weighted by atomic mass is 10.2. The van der Waals surface area contributed by atoms with Crippen LogP contribution in [0.4, 0.5) is 0 Å². The first kappa shape index (κ1) is 17.6. The van der Waals surface area contributed by atoms with Crippen LogP contribution in [0.3, 0.4) is 0 Å². The lowest BCUT2D eigenvalue weighted by Gasteiger charge is -2.10. The van der Waals surface area contributed by atoms with Gasteiger partial charge in [-0.2, -0.15) is 4.52 Å². The number of nitrogens with one attached hydrogen (secondary N) is 1. The van der Waals surface area contributed by atoms with E-state index in [1.54, 1.807) is 16.6 Å². The average Bonchev–Trinajstić information content (AvgIpc) is 3.07. The Morgan fingerprint density at radius 2 is 2.20 bits per heavy atom. The molecule has 3 rings (SSSR count). The number of fused-ring (bicyclic) bond motifs is 1. The van der Waals surface area contributed by atoms with Gasteiger partial charge in [0.15, 0.2) is 21.3 Å². The predicted molar refractivity (Wildman–Crippen MR) is 90.1 cm³/mol. The van der Waals surface area contributed by atoms with E-state index in [0.717, 1.165) is 0 Å². The number of nitrogens with zero attached hydrogens (tertiary/aromatic N) is 4. The number of amides is 1. The molecule has 1 amide bonds. The van der Waals surface area contributed by atoms with Crippen LogP contribution in [0.5, 0.6) is 5.88 Å². The largest absolute Gasteiger partial charge is 0.474 e. The molecular weight excluding hydrogens is 346 g/mol. The van der Waals surface area contributed by atoms with Gasteiger partial charge in [-0.1, -0.05) is 0 Å². The molecule has 0 aromatic carbocycles. The molecule has 2 aromatic rings. The maximum Gasteiger partial charge on any atom is 0.232 e. The van der Waals surface area contributed by atoms with Crippen molar-refractivity contribution in [2.24, 2.45) is 0 Å². The van der Waals surface area contributed by atoms with Crippen LogP contribution in [0.15, 0.2) is 12.1 Å².